The molecular weight excluding hydrogens is 264 g/mol. The van der Waals surface area contributed by atoms with Crippen molar-refractivity contribution in [1.82, 2.24) is 4.31 Å². The average Bonchev–Trinajstić information content (AvgIpc) is 2.80. The smallest absolute Gasteiger partial charge is 0.243 e. The lowest BCUT2D eigenvalue weighted by atomic mass is 10.0. The molecule has 2 unspecified atom stereocenters. The molecule has 1 aliphatic rings. The van der Waals surface area contributed by atoms with E-state index in [4.69, 9.17) is 10.5 Å². The Morgan fingerprint density at radius 1 is 1.37 bits per heavy atom. The maximum atomic E-state index is 12.6. The molecule has 2 atom stereocenters. The third-order valence-corrected chi connectivity index (χ3v) is 5.68. The molecule has 1 aliphatic heterocycles. The fourth-order valence-corrected chi connectivity index (χ4v) is 4.25. The van der Waals surface area contributed by atoms with Crippen molar-refractivity contribution in [3.05, 3.63) is 24.3 Å². The average molecular weight is 284 g/mol. The van der Waals surface area contributed by atoms with Crippen LogP contribution in [0.3, 0.4) is 0 Å². The Labute approximate surface area is 114 Å². The van der Waals surface area contributed by atoms with Crippen LogP contribution < -0.4 is 10.5 Å². The quantitative estimate of drug-likeness (QED) is 0.897. The van der Waals surface area contributed by atoms with E-state index in [1.54, 1.807) is 31.4 Å². The van der Waals surface area contributed by atoms with Gasteiger partial charge in [-0.3, -0.25) is 0 Å². The van der Waals surface area contributed by atoms with Crippen molar-refractivity contribution in [1.29, 1.82) is 0 Å². The number of hydrogen-bond donors (Lipinski definition) is 1. The molecule has 1 aromatic rings. The first-order chi connectivity index (χ1) is 9.00. The van der Waals surface area contributed by atoms with Crippen molar-refractivity contribution >= 4 is 10.0 Å². The molecule has 0 aliphatic carbocycles. The van der Waals surface area contributed by atoms with Crippen molar-refractivity contribution in [2.75, 3.05) is 20.2 Å². The summed E-state index contributed by atoms with van der Waals surface area (Å²) >= 11 is 0. The molecule has 2 N–H and O–H groups in total. The van der Waals surface area contributed by atoms with Gasteiger partial charge in [0.25, 0.3) is 0 Å². The van der Waals surface area contributed by atoms with E-state index in [-0.39, 0.29) is 6.04 Å². The number of ether oxygens (including phenoxy) is 1. The van der Waals surface area contributed by atoms with E-state index in [1.165, 1.54) is 4.31 Å². The van der Waals surface area contributed by atoms with Crippen molar-refractivity contribution in [2.24, 2.45) is 11.7 Å². The van der Waals surface area contributed by atoms with Crippen molar-refractivity contribution in [2.45, 2.75) is 24.3 Å². The number of nitrogens with two attached hydrogens (primary N) is 1. The Bertz CT molecular complexity index is 527. The van der Waals surface area contributed by atoms with Gasteiger partial charge in [0.15, 0.2) is 0 Å². The minimum absolute atomic E-state index is 0.105. The topological polar surface area (TPSA) is 72.6 Å². The summed E-state index contributed by atoms with van der Waals surface area (Å²) < 4.78 is 31.7. The van der Waals surface area contributed by atoms with Gasteiger partial charge in [-0.1, -0.05) is 6.92 Å². The number of hydrogen-bond acceptors (Lipinski definition) is 4. The molecule has 0 spiro atoms. The molecule has 106 valence electrons. The second-order valence-corrected chi connectivity index (χ2v) is 6.75. The number of methoxy groups -OCH3 is 1. The Balaban J connectivity index is 2.31. The molecule has 2 rings (SSSR count). The minimum atomic E-state index is -3.46. The molecular formula is C13H20N2O3S. The van der Waals surface area contributed by atoms with Crippen LogP contribution >= 0.6 is 0 Å². The van der Waals surface area contributed by atoms with E-state index >= 15 is 0 Å². The molecule has 1 aromatic carbocycles. The van der Waals surface area contributed by atoms with Crippen LogP contribution in [-0.2, 0) is 10.0 Å². The van der Waals surface area contributed by atoms with Crippen LogP contribution in [0.5, 0.6) is 5.75 Å². The fourth-order valence-electron chi connectivity index (χ4n) is 2.50. The van der Waals surface area contributed by atoms with E-state index < -0.39 is 10.0 Å². The highest BCUT2D eigenvalue weighted by Gasteiger charge is 2.38. The van der Waals surface area contributed by atoms with E-state index in [0.717, 1.165) is 6.42 Å². The van der Waals surface area contributed by atoms with Crippen LogP contribution in [0.25, 0.3) is 0 Å². The number of sulfonamides is 1. The predicted molar refractivity (Wildman–Crippen MR) is 73.5 cm³/mol. The van der Waals surface area contributed by atoms with Crippen molar-refractivity contribution in [3.63, 3.8) is 0 Å². The summed E-state index contributed by atoms with van der Waals surface area (Å²) in [7, 11) is -1.91. The van der Waals surface area contributed by atoms with Crippen LogP contribution in [0.15, 0.2) is 29.2 Å². The number of nitrogens with zero attached hydrogens (tertiary/aromatic N) is 1. The molecule has 6 heteroatoms. The van der Waals surface area contributed by atoms with Crippen LogP contribution in [0, 0.1) is 5.92 Å². The SMILES string of the molecule is COc1ccc(S(=O)(=O)N2CCC(C)C2CN)cc1. The van der Waals surface area contributed by atoms with Gasteiger partial charge in [0, 0.05) is 19.1 Å². The fraction of sp³-hybridized carbons (Fsp3) is 0.538. The summed E-state index contributed by atoms with van der Waals surface area (Å²) in [6, 6.07) is 6.36. The highest BCUT2D eigenvalue weighted by atomic mass is 32.2. The van der Waals surface area contributed by atoms with Gasteiger partial charge in [-0.25, -0.2) is 8.42 Å². The lowest BCUT2D eigenvalue weighted by Gasteiger charge is -2.25. The zero-order valence-electron chi connectivity index (χ0n) is 11.2. The van der Waals surface area contributed by atoms with Crippen molar-refractivity contribution in [3.8, 4) is 5.75 Å². The van der Waals surface area contributed by atoms with Gasteiger partial charge in [-0.2, -0.15) is 4.31 Å². The molecule has 0 amide bonds. The number of rotatable bonds is 4. The lowest BCUT2D eigenvalue weighted by molar-refractivity contribution is 0.354. The van der Waals surface area contributed by atoms with Gasteiger partial charge >= 0.3 is 0 Å². The summed E-state index contributed by atoms with van der Waals surface area (Å²) in [4.78, 5) is 0.292. The maximum absolute atomic E-state index is 12.6. The largest absolute Gasteiger partial charge is 0.497 e. The van der Waals surface area contributed by atoms with Gasteiger partial charge in [0.2, 0.25) is 10.0 Å². The summed E-state index contributed by atoms with van der Waals surface area (Å²) in [6.07, 6.45) is 0.858. The minimum Gasteiger partial charge on any atom is -0.497 e. The maximum Gasteiger partial charge on any atom is 0.243 e. The first-order valence-corrected chi connectivity index (χ1v) is 7.80. The highest BCUT2D eigenvalue weighted by Crippen LogP contribution is 2.30. The third kappa shape index (κ3) is 2.61. The first-order valence-electron chi connectivity index (χ1n) is 6.36. The first kappa shape index (κ1) is 14.3. The summed E-state index contributed by atoms with van der Waals surface area (Å²) in [5.41, 5.74) is 5.71. The van der Waals surface area contributed by atoms with Crippen LogP contribution in [0.2, 0.25) is 0 Å². The Hall–Kier alpha value is -1.11. The Kier molecular flexibility index (Phi) is 4.13. The number of benzene rings is 1. The van der Waals surface area contributed by atoms with E-state index in [1.807, 2.05) is 6.92 Å². The molecule has 1 heterocycles. The van der Waals surface area contributed by atoms with E-state index in [0.29, 0.717) is 29.7 Å². The van der Waals surface area contributed by atoms with Crippen LogP contribution in [0.4, 0.5) is 0 Å². The van der Waals surface area contributed by atoms with Crippen LogP contribution in [-0.4, -0.2) is 39.0 Å². The molecule has 1 fully saturated rings. The molecule has 19 heavy (non-hydrogen) atoms. The molecule has 0 bridgehead atoms. The normalized spacial score (nSPS) is 24.6. The monoisotopic (exact) mass is 284 g/mol. The van der Waals surface area contributed by atoms with E-state index in [2.05, 4.69) is 0 Å². The summed E-state index contributed by atoms with van der Waals surface area (Å²) in [5.74, 6) is 0.946. The summed E-state index contributed by atoms with van der Waals surface area (Å²) in [5, 5.41) is 0. The Morgan fingerprint density at radius 2 is 2.00 bits per heavy atom. The lowest BCUT2D eigenvalue weighted by Crippen LogP contribution is -2.42. The predicted octanol–water partition coefficient (Wildman–Crippen LogP) is 1.05. The van der Waals surface area contributed by atoms with E-state index in [9.17, 15) is 8.42 Å². The van der Waals surface area contributed by atoms with Gasteiger partial charge in [-0.05, 0) is 36.6 Å². The van der Waals surface area contributed by atoms with Crippen LogP contribution in [0.1, 0.15) is 13.3 Å². The molecule has 5 nitrogen and oxygen atoms in total. The second-order valence-electron chi connectivity index (χ2n) is 4.86. The molecule has 0 saturated carbocycles. The molecule has 0 aromatic heterocycles. The zero-order valence-corrected chi connectivity index (χ0v) is 12.1. The van der Waals surface area contributed by atoms with Gasteiger partial charge in [0.1, 0.15) is 5.75 Å². The third-order valence-electron chi connectivity index (χ3n) is 3.74. The zero-order chi connectivity index (χ0) is 14.0. The second kappa shape index (κ2) is 5.48. The summed E-state index contributed by atoms with van der Waals surface area (Å²) in [6.45, 7) is 2.94. The van der Waals surface area contributed by atoms with Gasteiger partial charge in [0.05, 0.1) is 12.0 Å². The Morgan fingerprint density at radius 3 is 2.53 bits per heavy atom. The standard InChI is InChI=1S/C13H20N2O3S/c1-10-7-8-15(13(10)9-14)19(16,17)12-5-3-11(18-2)4-6-12/h3-6,10,13H,7-9,14H2,1-2H3. The van der Waals surface area contributed by atoms with Gasteiger partial charge < -0.3 is 10.5 Å². The van der Waals surface area contributed by atoms with Crippen molar-refractivity contribution < 1.29 is 13.2 Å². The highest BCUT2D eigenvalue weighted by molar-refractivity contribution is 7.89. The molecule has 1 saturated heterocycles. The van der Waals surface area contributed by atoms with Gasteiger partial charge in [-0.15, -0.1) is 0 Å². The molecule has 0 radical (unpaired) electrons.